The van der Waals surface area contributed by atoms with Crippen LogP contribution in [0, 0.1) is 5.92 Å². The number of ether oxygens (including phenoxy) is 2. The van der Waals surface area contributed by atoms with E-state index in [4.69, 9.17) is 9.47 Å². The summed E-state index contributed by atoms with van der Waals surface area (Å²) in [6.07, 6.45) is 9.14. The average molecular weight is 429 g/mol. The molecule has 0 bridgehead atoms. The van der Waals surface area contributed by atoms with Crippen LogP contribution in [0.15, 0.2) is 85.2 Å². The maximum absolute atomic E-state index is 12.7. The molecule has 164 valence electrons. The van der Waals surface area contributed by atoms with Gasteiger partial charge in [0, 0.05) is 43.0 Å². The highest BCUT2D eigenvalue weighted by Gasteiger charge is 2.22. The van der Waals surface area contributed by atoms with Gasteiger partial charge in [-0.2, -0.15) is 0 Å². The summed E-state index contributed by atoms with van der Waals surface area (Å²) in [5, 5.41) is 0. The van der Waals surface area contributed by atoms with E-state index in [1.807, 2.05) is 77.7 Å². The Hall–Kier alpha value is -3.60. The molecule has 1 amide bonds. The van der Waals surface area contributed by atoms with E-state index in [-0.39, 0.29) is 5.91 Å². The van der Waals surface area contributed by atoms with Crippen molar-refractivity contribution < 1.29 is 14.3 Å². The fourth-order valence-electron chi connectivity index (χ4n) is 3.73. The summed E-state index contributed by atoms with van der Waals surface area (Å²) >= 11 is 0. The number of piperidine rings is 1. The van der Waals surface area contributed by atoms with Gasteiger partial charge in [0.2, 0.25) is 5.91 Å². The summed E-state index contributed by atoms with van der Waals surface area (Å²) in [6.45, 7) is 2.65. The Bertz CT molecular complexity index is 1000. The normalized spacial score (nSPS) is 16.1. The molecule has 1 atom stereocenters. The van der Waals surface area contributed by atoms with Gasteiger partial charge in [-0.15, -0.1) is 0 Å². The molecule has 3 aromatic rings. The molecular weight excluding hydrogens is 400 g/mol. The molecule has 1 aliphatic heterocycles. The van der Waals surface area contributed by atoms with E-state index in [2.05, 4.69) is 4.98 Å². The highest BCUT2D eigenvalue weighted by atomic mass is 16.5. The number of nitrogens with zero attached hydrogens (tertiary/aromatic N) is 2. The predicted octanol–water partition coefficient (Wildman–Crippen LogP) is 4.99. The molecule has 0 saturated carbocycles. The van der Waals surface area contributed by atoms with Gasteiger partial charge < -0.3 is 14.4 Å². The van der Waals surface area contributed by atoms with Crippen molar-refractivity contribution in [1.82, 2.24) is 9.88 Å². The molecular formula is C27H28N2O3. The van der Waals surface area contributed by atoms with Crippen molar-refractivity contribution >= 4 is 12.0 Å². The number of para-hydroxylation sites is 1. The Morgan fingerprint density at radius 3 is 2.59 bits per heavy atom. The summed E-state index contributed by atoms with van der Waals surface area (Å²) in [5.41, 5.74) is 1.99. The van der Waals surface area contributed by atoms with Crippen LogP contribution in [0.2, 0.25) is 0 Å². The van der Waals surface area contributed by atoms with Gasteiger partial charge in [0.15, 0.2) is 0 Å². The van der Waals surface area contributed by atoms with E-state index in [0.29, 0.717) is 19.1 Å². The average Bonchev–Trinajstić information content (AvgIpc) is 2.87. The Labute approximate surface area is 189 Å². The summed E-state index contributed by atoms with van der Waals surface area (Å²) in [4.78, 5) is 18.7. The van der Waals surface area contributed by atoms with Crippen molar-refractivity contribution in [2.24, 2.45) is 5.92 Å². The summed E-state index contributed by atoms with van der Waals surface area (Å²) in [5.74, 6) is 2.07. The summed E-state index contributed by atoms with van der Waals surface area (Å²) in [7, 11) is 0. The maximum atomic E-state index is 12.7. The van der Waals surface area contributed by atoms with E-state index >= 15 is 0 Å². The highest BCUT2D eigenvalue weighted by molar-refractivity contribution is 5.91. The van der Waals surface area contributed by atoms with Gasteiger partial charge in [-0.1, -0.05) is 36.4 Å². The van der Waals surface area contributed by atoms with E-state index in [9.17, 15) is 4.79 Å². The zero-order valence-corrected chi connectivity index (χ0v) is 18.1. The molecule has 5 nitrogen and oxygen atoms in total. The van der Waals surface area contributed by atoms with Crippen LogP contribution in [-0.2, 0) is 11.4 Å². The SMILES string of the molecule is O=C(/C=C/c1ccc(OCc2cccnc2)cc1)N1CCCC(COc2ccccc2)C1. The van der Waals surface area contributed by atoms with Crippen LogP contribution in [0.5, 0.6) is 11.5 Å². The third kappa shape index (κ3) is 6.45. The van der Waals surface area contributed by atoms with Crippen LogP contribution in [0.3, 0.4) is 0 Å². The van der Waals surface area contributed by atoms with Crippen LogP contribution in [0.4, 0.5) is 0 Å². The molecule has 1 aromatic heterocycles. The molecule has 0 radical (unpaired) electrons. The largest absolute Gasteiger partial charge is 0.493 e. The first-order valence-electron chi connectivity index (χ1n) is 11.0. The van der Waals surface area contributed by atoms with Crippen molar-refractivity contribution in [3.05, 3.63) is 96.3 Å². The van der Waals surface area contributed by atoms with Gasteiger partial charge in [-0.3, -0.25) is 9.78 Å². The summed E-state index contributed by atoms with van der Waals surface area (Å²) < 4.78 is 11.7. The van der Waals surface area contributed by atoms with Crippen molar-refractivity contribution in [3.63, 3.8) is 0 Å². The number of aromatic nitrogens is 1. The summed E-state index contributed by atoms with van der Waals surface area (Å²) in [6, 6.07) is 21.4. The maximum Gasteiger partial charge on any atom is 0.246 e. The molecule has 1 aliphatic rings. The topological polar surface area (TPSA) is 51.7 Å². The van der Waals surface area contributed by atoms with E-state index in [1.54, 1.807) is 18.5 Å². The Morgan fingerprint density at radius 2 is 1.81 bits per heavy atom. The Morgan fingerprint density at radius 1 is 1.00 bits per heavy atom. The number of carbonyl (C=O) groups is 1. The lowest BCUT2D eigenvalue weighted by atomic mass is 9.99. The third-order valence-corrected chi connectivity index (χ3v) is 5.49. The number of hydrogen-bond acceptors (Lipinski definition) is 4. The number of hydrogen-bond donors (Lipinski definition) is 0. The second-order valence-electron chi connectivity index (χ2n) is 7.97. The van der Waals surface area contributed by atoms with Crippen LogP contribution < -0.4 is 9.47 Å². The minimum absolute atomic E-state index is 0.0475. The second-order valence-corrected chi connectivity index (χ2v) is 7.97. The van der Waals surface area contributed by atoms with E-state index < -0.39 is 0 Å². The first kappa shape index (κ1) is 21.6. The van der Waals surface area contributed by atoms with Gasteiger partial charge >= 0.3 is 0 Å². The molecule has 1 saturated heterocycles. The highest BCUT2D eigenvalue weighted by Crippen LogP contribution is 2.20. The first-order valence-corrected chi connectivity index (χ1v) is 11.0. The second kappa shape index (κ2) is 11.1. The fraction of sp³-hybridized carbons (Fsp3) is 0.259. The number of carbonyl (C=O) groups excluding carboxylic acids is 1. The van der Waals surface area contributed by atoms with Crippen molar-refractivity contribution in [2.75, 3.05) is 19.7 Å². The number of pyridine rings is 1. The minimum Gasteiger partial charge on any atom is -0.493 e. The monoisotopic (exact) mass is 428 g/mol. The van der Waals surface area contributed by atoms with Gasteiger partial charge in [0.25, 0.3) is 0 Å². The van der Waals surface area contributed by atoms with Gasteiger partial charge in [0.1, 0.15) is 18.1 Å². The molecule has 0 spiro atoms. The lowest BCUT2D eigenvalue weighted by Gasteiger charge is -2.32. The molecule has 0 aliphatic carbocycles. The van der Waals surface area contributed by atoms with E-state index in [0.717, 1.165) is 48.6 Å². The van der Waals surface area contributed by atoms with Crippen molar-refractivity contribution in [1.29, 1.82) is 0 Å². The van der Waals surface area contributed by atoms with Gasteiger partial charge in [-0.25, -0.2) is 0 Å². The van der Waals surface area contributed by atoms with Crippen LogP contribution >= 0.6 is 0 Å². The molecule has 32 heavy (non-hydrogen) atoms. The van der Waals surface area contributed by atoms with Crippen molar-refractivity contribution in [3.8, 4) is 11.5 Å². The lowest BCUT2D eigenvalue weighted by molar-refractivity contribution is -0.127. The minimum atomic E-state index is 0.0475. The molecule has 5 heteroatoms. The Balaban J connectivity index is 1.25. The third-order valence-electron chi connectivity index (χ3n) is 5.49. The smallest absolute Gasteiger partial charge is 0.246 e. The molecule has 4 rings (SSSR count). The number of amides is 1. The van der Waals surface area contributed by atoms with Crippen LogP contribution in [0.1, 0.15) is 24.0 Å². The molecule has 1 unspecified atom stereocenters. The van der Waals surface area contributed by atoms with E-state index in [1.165, 1.54) is 0 Å². The van der Waals surface area contributed by atoms with Crippen molar-refractivity contribution in [2.45, 2.75) is 19.4 Å². The lowest BCUT2D eigenvalue weighted by Crippen LogP contribution is -2.40. The number of rotatable bonds is 8. The first-order chi connectivity index (χ1) is 15.8. The fourth-order valence-corrected chi connectivity index (χ4v) is 3.73. The molecule has 2 heterocycles. The zero-order chi connectivity index (χ0) is 22.0. The molecule has 2 aromatic carbocycles. The molecule has 0 N–H and O–H groups in total. The predicted molar refractivity (Wildman–Crippen MR) is 125 cm³/mol. The van der Waals surface area contributed by atoms with Crippen LogP contribution in [0.25, 0.3) is 6.08 Å². The zero-order valence-electron chi connectivity index (χ0n) is 18.1. The number of benzene rings is 2. The van der Waals surface area contributed by atoms with Gasteiger partial charge in [0.05, 0.1) is 6.61 Å². The van der Waals surface area contributed by atoms with Crippen LogP contribution in [-0.4, -0.2) is 35.5 Å². The molecule has 1 fully saturated rings. The number of likely N-dealkylation sites (tertiary alicyclic amines) is 1. The Kier molecular flexibility index (Phi) is 7.53. The standard InChI is InChI=1S/C27H28N2O3/c30-27(29-17-5-7-24(19-29)21-32-25-8-2-1-3-9-25)15-12-22-10-13-26(14-11-22)31-20-23-6-4-16-28-18-23/h1-4,6,8-16,18,24H,5,7,17,19-21H2/b15-12+. The quantitative estimate of drug-likeness (QED) is 0.474. The van der Waals surface area contributed by atoms with Gasteiger partial charge in [-0.05, 0) is 54.8 Å².